The van der Waals surface area contributed by atoms with Gasteiger partial charge >= 0.3 is 0 Å². The van der Waals surface area contributed by atoms with Crippen LogP contribution in [0.3, 0.4) is 0 Å². The van der Waals surface area contributed by atoms with Crippen molar-refractivity contribution < 1.29 is 4.79 Å². The van der Waals surface area contributed by atoms with E-state index in [0.717, 1.165) is 36.2 Å². The van der Waals surface area contributed by atoms with Crippen molar-refractivity contribution in [3.05, 3.63) is 30.1 Å². The summed E-state index contributed by atoms with van der Waals surface area (Å²) in [5.41, 5.74) is 2.01. The molecule has 0 radical (unpaired) electrons. The van der Waals surface area contributed by atoms with Gasteiger partial charge in [0.2, 0.25) is 5.91 Å². The fraction of sp³-hybridized carbons (Fsp3) is 0.500. The van der Waals surface area contributed by atoms with Crippen molar-refractivity contribution in [1.82, 2.24) is 14.5 Å². The first-order chi connectivity index (χ1) is 9.66. The SMILES string of the molecule is Cc1nc2ccccc2n1CC(=O)N1CCCCC1C. The van der Waals surface area contributed by atoms with Crippen molar-refractivity contribution in [2.45, 2.75) is 45.7 Å². The van der Waals surface area contributed by atoms with Crippen molar-refractivity contribution in [3.63, 3.8) is 0 Å². The molecule has 1 atom stereocenters. The maximum absolute atomic E-state index is 12.5. The molecule has 1 aliphatic rings. The number of carbonyl (C=O) groups is 1. The van der Waals surface area contributed by atoms with E-state index >= 15 is 0 Å². The molecule has 1 saturated heterocycles. The second-order valence-electron chi connectivity index (χ2n) is 5.67. The Morgan fingerprint density at radius 2 is 2.15 bits per heavy atom. The van der Waals surface area contributed by atoms with Crippen LogP contribution in [-0.4, -0.2) is 32.9 Å². The maximum atomic E-state index is 12.5. The third-order valence-electron chi connectivity index (χ3n) is 4.26. The summed E-state index contributed by atoms with van der Waals surface area (Å²) in [7, 11) is 0. The Kier molecular flexibility index (Phi) is 3.47. The molecule has 1 aliphatic heterocycles. The summed E-state index contributed by atoms with van der Waals surface area (Å²) in [6, 6.07) is 8.36. The van der Waals surface area contributed by atoms with Crippen molar-refractivity contribution in [1.29, 1.82) is 0 Å². The molecular formula is C16H21N3O. The van der Waals surface area contributed by atoms with E-state index in [1.165, 1.54) is 6.42 Å². The van der Waals surface area contributed by atoms with Crippen LogP contribution < -0.4 is 0 Å². The number of para-hydroxylation sites is 2. The molecule has 4 heteroatoms. The second kappa shape index (κ2) is 5.27. The molecule has 3 rings (SSSR count). The van der Waals surface area contributed by atoms with Crippen molar-refractivity contribution in [2.24, 2.45) is 0 Å². The zero-order valence-corrected chi connectivity index (χ0v) is 12.2. The molecule has 1 unspecified atom stereocenters. The van der Waals surface area contributed by atoms with Crippen molar-refractivity contribution in [3.8, 4) is 0 Å². The van der Waals surface area contributed by atoms with Gasteiger partial charge in [0.15, 0.2) is 0 Å². The highest BCUT2D eigenvalue weighted by atomic mass is 16.2. The Hall–Kier alpha value is -1.84. The minimum absolute atomic E-state index is 0.212. The van der Waals surface area contributed by atoms with E-state index in [0.29, 0.717) is 12.6 Å². The highest BCUT2D eigenvalue weighted by Gasteiger charge is 2.24. The van der Waals surface area contributed by atoms with Crippen LogP contribution in [0.2, 0.25) is 0 Å². The van der Waals surface area contributed by atoms with E-state index in [2.05, 4.69) is 11.9 Å². The molecular weight excluding hydrogens is 250 g/mol. The molecule has 2 heterocycles. The summed E-state index contributed by atoms with van der Waals surface area (Å²) >= 11 is 0. The van der Waals surface area contributed by atoms with Gasteiger partial charge in [0.05, 0.1) is 11.0 Å². The van der Waals surface area contributed by atoms with Crippen LogP contribution in [0.25, 0.3) is 11.0 Å². The van der Waals surface area contributed by atoms with Crippen LogP contribution in [-0.2, 0) is 11.3 Å². The number of rotatable bonds is 2. The summed E-state index contributed by atoms with van der Waals surface area (Å²) in [6.07, 6.45) is 3.48. The van der Waals surface area contributed by atoms with Gasteiger partial charge in [0, 0.05) is 12.6 Å². The van der Waals surface area contributed by atoms with Gasteiger partial charge in [0.25, 0.3) is 0 Å². The third-order valence-corrected chi connectivity index (χ3v) is 4.26. The largest absolute Gasteiger partial charge is 0.338 e. The minimum Gasteiger partial charge on any atom is -0.338 e. The van der Waals surface area contributed by atoms with E-state index in [1.54, 1.807) is 0 Å². The number of hydrogen-bond donors (Lipinski definition) is 0. The number of likely N-dealkylation sites (tertiary alicyclic amines) is 1. The minimum atomic E-state index is 0.212. The van der Waals surface area contributed by atoms with Crippen LogP contribution in [0.5, 0.6) is 0 Å². The zero-order valence-electron chi connectivity index (χ0n) is 12.2. The summed E-state index contributed by atoms with van der Waals surface area (Å²) in [5.74, 6) is 1.12. The molecule has 0 spiro atoms. The Bertz CT molecular complexity index is 632. The zero-order chi connectivity index (χ0) is 14.1. The molecule has 0 N–H and O–H groups in total. The fourth-order valence-corrected chi connectivity index (χ4v) is 3.09. The van der Waals surface area contributed by atoms with Crippen LogP contribution >= 0.6 is 0 Å². The normalized spacial score (nSPS) is 19.5. The number of carbonyl (C=O) groups excluding carboxylic acids is 1. The first-order valence-electron chi connectivity index (χ1n) is 7.38. The number of hydrogen-bond acceptors (Lipinski definition) is 2. The number of piperidine rings is 1. The summed E-state index contributed by atoms with van der Waals surface area (Å²) in [5, 5.41) is 0. The highest BCUT2D eigenvalue weighted by molar-refractivity contribution is 5.81. The molecule has 0 saturated carbocycles. The maximum Gasteiger partial charge on any atom is 0.242 e. The molecule has 0 bridgehead atoms. The Balaban J connectivity index is 1.85. The second-order valence-corrected chi connectivity index (χ2v) is 5.67. The van der Waals surface area contributed by atoms with Gasteiger partial charge in [-0.3, -0.25) is 4.79 Å². The monoisotopic (exact) mass is 271 g/mol. The van der Waals surface area contributed by atoms with E-state index < -0.39 is 0 Å². The first kappa shape index (κ1) is 13.2. The summed E-state index contributed by atoms with van der Waals surface area (Å²) in [4.78, 5) is 19.1. The number of aromatic nitrogens is 2. The van der Waals surface area contributed by atoms with E-state index in [9.17, 15) is 4.79 Å². The molecule has 4 nitrogen and oxygen atoms in total. The Labute approximate surface area is 119 Å². The van der Waals surface area contributed by atoms with Crippen molar-refractivity contribution >= 4 is 16.9 Å². The van der Waals surface area contributed by atoms with E-state index in [1.807, 2.05) is 40.7 Å². The van der Waals surface area contributed by atoms with E-state index in [4.69, 9.17) is 0 Å². The first-order valence-corrected chi connectivity index (χ1v) is 7.38. The topological polar surface area (TPSA) is 38.1 Å². The lowest BCUT2D eigenvalue weighted by Gasteiger charge is -2.33. The molecule has 1 aromatic heterocycles. The van der Waals surface area contributed by atoms with Crippen LogP contribution in [0.4, 0.5) is 0 Å². The smallest absolute Gasteiger partial charge is 0.242 e. The predicted octanol–water partition coefficient (Wildman–Crippen LogP) is 2.75. The van der Waals surface area contributed by atoms with Gasteiger partial charge < -0.3 is 9.47 Å². The van der Waals surface area contributed by atoms with Gasteiger partial charge in [0.1, 0.15) is 12.4 Å². The fourth-order valence-electron chi connectivity index (χ4n) is 3.09. The standard InChI is InChI=1S/C16H21N3O/c1-12-7-5-6-10-18(12)16(20)11-19-13(2)17-14-8-3-4-9-15(14)19/h3-4,8-9,12H,5-7,10-11H2,1-2H3. The van der Waals surface area contributed by atoms with Gasteiger partial charge in [-0.25, -0.2) is 4.98 Å². The average Bonchev–Trinajstić information content (AvgIpc) is 2.76. The van der Waals surface area contributed by atoms with Crippen LogP contribution in [0, 0.1) is 6.92 Å². The summed E-state index contributed by atoms with van der Waals surface area (Å²) < 4.78 is 2.03. The quantitative estimate of drug-likeness (QED) is 0.842. The van der Waals surface area contributed by atoms with Crippen LogP contribution in [0.1, 0.15) is 32.0 Å². The number of amides is 1. The van der Waals surface area contributed by atoms with Gasteiger partial charge in [-0.05, 0) is 45.2 Å². The number of nitrogens with zero attached hydrogens (tertiary/aromatic N) is 3. The molecule has 106 valence electrons. The number of imidazole rings is 1. The van der Waals surface area contributed by atoms with Gasteiger partial charge in [-0.1, -0.05) is 12.1 Å². The lowest BCUT2D eigenvalue weighted by atomic mass is 10.0. The van der Waals surface area contributed by atoms with E-state index in [-0.39, 0.29) is 5.91 Å². The molecule has 20 heavy (non-hydrogen) atoms. The molecule has 1 amide bonds. The molecule has 1 fully saturated rings. The third kappa shape index (κ3) is 2.30. The highest BCUT2D eigenvalue weighted by Crippen LogP contribution is 2.19. The lowest BCUT2D eigenvalue weighted by Crippen LogP contribution is -2.43. The lowest BCUT2D eigenvalue weighted by molar-refractivity contribution is -0.135. The predicted molar refractivity (Wildman–Crippen MR) is 79.5 cm³/mol. The molecule has 1 aromatic carbocycles. The molecule has 0 aliphatic carbocycles. The van der Waals surface area contributed by atoms with Gasteiger partial charge in [-0.15, -0.1) is 0 Å². The number of fused-ring (bicyclic) bond motifs is 1. The Morgan fingerprint density at radius 3 is 2.95 bits per heavy atom. The van der Waals surface area contributed by atoms with Gasteiger partial charge in [-0.2, -0.15) is 0 Å². The molecule has 2 aromatic rings. The van der Waals surface area contributed by atoms with Crippen molar-refractivity contribution in [2.75, 3.05) is 6.54 Å². The summed E-state index contributed by atoms with van der Waals surface area (Å²) in [6.45, 7) is 5.41. The average molecular weight is 271 g/mol. The Morgan fingerprint density at radius 1 is 1.35 bits per heavy atom. The number of benzene rings is 1. The number of aryl methyl sites for hydroxylation is 1. The van der Waals surface area contributed by atoms with Crippen LogP contribution in [0.15, 0.2) is 24.3 Å².